The van der Waals surface area contributed by atoms with Crippen molar-refractivity contribution in [2.75, 3.05) is 36.1 Å². The zero-order valence-corrected chi connectivity index (χ0v) is 40.1. The van der Waals surface area contributed by atoms with Gasteiger partial charge in [-0.05, 0) is 99.5 Å². The summed E-state index contributed by atoms with van der Waals surface area (Å²) in [6.45, 7) is 6.69. The molecular formula is C53H49F6N8O6+. The molecule has 2 aliphatic rings. The summed E-state index contributed by atoms with van der Waals surface area (Å²) in [5.74, 6) is -1.56. The molecule has 2 aliphatic heterocycles. The van der Waals surface area contributed by atoms with Crippen LogP contribution in [0.3, 0.4) is 0 Å². The molecule has 0 radical (unpaired) electrons. The van der Waals surface area contributed by atoms with Crippen LogP contribution in [-0.2, 0) is 44.5 Å². The summed E-state index contributed by atoms with van der Waals surface area (Å²) in [5, 5.41) is 19.0. The van der Waals surface area contributed by atoms with Gasteiger partial charge in [0.05, 0.1) is 95.3 Å². The third kappa shape index (κ3) is 11.2. The van der Waals surface area contributed by atoms with E-state index in [-0.39, 0.29) is 73.1 Å². The fourth-order valence-electron chi connectivity index (χ4n) is 9.07. The van der Waals surface area contributed by atoms with Gasteiger partial charge in [0.1, 0.15) is 12.4 Å². The molecule has 4 amide bonds. The maximum absolute atomic E-state index is 14.7. The van der Waals surface area contributed by atoms with Crippen molar-refractivity contribution in [3.63, 3.8) is 0 Å². The predicted molar refractivity (Wildman–Crippen MR) is 252 cm³/mol. The number of allylic oxidation sites excluding steroid dienone is 2. The molecule has 14 nitrogen and oxygen atoms in total. The van der Waals surface area contributed by atoms with Crippen molar-refractivity contribution in [3.05, 3.63) is 172 Å². The molecule has 1 aromatic heterocycles. The van der Waals surface area contributed by atoms with E-state index in [2.05, 4.69) is 0 Å². The molecule has 0 aliphatic carbocycles. The molecule has 7 rings (SSSR count). The van der Waals surface area contributed by atoms with Crippen molar-refractivity contribution in [1.29, 1.82) is 10.5 Å². The number of carbonyl (C=O) groups excluding carboxylic acids is 4. The lowest BCUT2D eigenvalue weighted by Gasteiger charge is -2.43. The number of nitrogens with zero attached hydrogens (tertiary/aromatic N) is 8. The number of aromatic nitrogens is 2. The van der Waals surface area contributed by atoms with Gasteiger partial charge in [0.15, 0.2) is 0 Å². The summed E-state index contributed by atoms with van der Waals surface area (Å²) in [5.41, 5.74) is -0.474. The highest BCUT2D eigenvalue weighted by Gasteiger charge is 2.45. The second kappa shape index (κ2) is 21.9. The van der Waals surface area contributed by atoms with Crippen LogP contribution in [0.25, 0.3) is 0 Å². The van der Waals surface area contributed by atoms with E-state index < -0.39 is 59.6 Å². The van der Waals surface area contributed by atoms with E-state index in [1.54, 1.807) is 56.8 Å². The fourth-order valence-corrected chi connectivity index (χ4v) is 9.07. The Morgan fingerprint density at radius 1 is 0.630 bits per heavy atom. The molecule has 0 unspecified atom stereocenters. The first kappa shape index (κ1) is 52.4. The van der Waals surface area contributed by atoms with E-state index in [4.69, 9.17) is 9.47 Å². The second-order valence-electron chi connectivity index (χ2n) is 17.0. The number of rotatable bonds is 16. The Kier molecular flexibility index (Phi) is 15.8. The second-order valence-corrected chi connectivity index (χ2v) is 17.0. The Hall–Kier alpha value is -8.39. The molecule has 0 fully saturated rings. The van der Waals surface area contributed by atoms with Crippen LogP contribution in [0, 0.1) is 22.7 Å². The van der Waals surface area contributed by atoms with E-state index >= 15 is 0 Å². The van der Waals surface area contributed by atoms with Gasteiger partial charge >= 0.3 is 36.4 Å². The molecule has 4 aromatic carbocycles. The average Bonchev–Trinajstić information content (AvgIpc) is 3.82. The zero-order valence-electron chi connectivity index (χ0n) is 40.1. The van der Waals surface area contributed by atoms with E-state index in [1.807, 2.05) is 21.3 Å². The number of urea groups is 2. The van der Waals surface area contributed by atoms with E-state index in [9.17, 15) is 56.0 Å². The van der Waals surface area contributed by atoms with E-state index in [1.165, 1.54) is 72.2 Å². The minimum Gasteiger partial charge on any atom is -0.463 e. The minimum absolute atomic E-state index is 0.000748. The van der Waals surface area contributed by atoms with Gasteiger partial charge in [-0.25, -0.2) is 28.3 Å². The molecule has 73 heavy (non-hydrogen) atoms. The molecule has 20 heteroatoms. The maximum Gasteiger partial charge on any atom is 0.416 e. The van der Waals surface area contributed by atoms with Crippen LogP contribution in [-0.4, -0.2) is 64.7 Å². The number of nitriles is 2. The van der Waals surface area contributed by atoms with Gasteiger partial charge in [0.25, 0.3) is 0 Å². The third-order valence-electron chi connectivity index (χ3n) is 12.4. The molecule has 3 heterocycles. The molecule has 0 saturated carbocycles. The number of hydrogen-bond acceptors (Lipinski definition) is 8. The molecule has 0 spiro atoms. The molecule has 2 atom stereocenters. The quantitative estimate of drug-likeness (QED) is 0.0537. The predicted octanol–water partition coefficient (Wildman–Crippen LogP) is 10.4. The van der Waals surface area contributed by atoms with Crippen molar-refractivity contribution in [2.24, 2.45) is 0 Å². The molecular weight excluding hydrogens is 959 g/mol. The van der Waals surface area contributed by atoms with Crippen LogP contribution in [0.4, 0.5) is 47.3 Å². The van der Waals surface area contributed by atoms with Gasteiger partial charge in [-0.15, -0.1) is 0 Å². The van der Waals surface area contributed by atoms with Crippen LogP contribution < -0.4 is 14.4 Å². The van der Waals surface area contributed by atoms with Gasteiger partial charge < -0.3 is 19.3 Å². The number of benzene rings is 4. The van der Waals surface area contributed by atoms with Gasteiger partial charge in [-0.2, -0.15) is 36.9 Å². The lowest BCUT2D eigenvalue weighted by atomic mass is 9.92. The number of ether oxygens (including phenoxy) is 2. The number of imidazole rings is 1. The van der Waals surface area contributed by atoms with Crippen LogP contribution in [0.2, 0.25) is 0 Å². The first-order valence-corrected chi connectivity index (χ1v) is 23.2. The first-order chi connectivity index (χ1) is 34.8. The summed E-state index contributed by atoms with van der Waals surface area (Å²) >= 11 is 0. The van der Waals surface area contributed by atoms with Crippen LogP contribution >= 0.6 is 0 Å². The number of anilines is 2. The smallest absolute Gasteiger partial charge is 0.416 e. The van der Waals surface area contributed by atoms with Crippen LogP contribution in [0.1, 0.15) is 86.0 Å². The van der Waals surface area contributed by atoms with Crippen molar-refractivity contribution in [1.82, 2.24) is 14.4 Å². The van der Waals surface area contributed by atoms with Gasteiger partial charge in [-0.3, -0.25) is 9.80 Å². The monoisotopic (exact) mass is 1010 g/mol. The number of amides is 4. The summed E-state index contributed by atoms with van der Waals surface area (Å²) in [6, 6.07) is 21.6. The summed E-state index contributed by atoms with van der Waals surface area (Å²) in [4.78, 5) is 61.9. The average molecular weight is 1010 g/mol. The third-order valence-corrected chi connectivity index (χ3v) is 12.4. The van der Waals surface area contributed by atoms with E-state index in [0.29, 0.717) is 35.3 Å². The number of aryl methyl sites for hydroxylation is 2. The molecule has 378 valence electrons. The highest BCUT2D eigenvalue weighted by molar-refractivity contribution is 6.04. The number of halogens is 6. The topological polar surface area (TPSA) is 156 Å². The van der Waals surface area contributed by atoms with Crippen LogP contribution in [0.5, 0.6) is 0 Å². The summed E-state index contributed by atoms with van der Waals surface area (Å²) in [7, 11) is 0. The Morgan fingerprint density at radius 2 is 1.05 bits per heavy atom. The van der Waals surface area contributed by atoms with Gasteiger partial charge in [0.2, 0.25) is 6.33 Å². The van der Waals surface area contributed by atoms with Crippen molar-refractivity contribution < 1.29 is 59.6 Å². The number of hydrogen-bond donors (Lipinski definition) is 0. The van der Waals surface area contributed by atoms with Crippen molar-refractivity contribution in [3.8, 4) is 12.1 Å². The van der Waals surface area contributed by atoms with Crippen molar-refractivity contribution in [2.45, 2.75) is 78.1 Å². The van der Waals surface area contributed by atoms with Crippen molar-refractivity contribution >= 4 is 35.4 Å². The number of alkyl halides is 6. The van der Waals surface area contributed by atoms with E-state index in [0.717, 1.165) is 34.1 Å². The largest absolute Gasteiger partial charge is 0.463 e. The molecule has 5 aromatic rings. The molecule has 0 N–H and O–H groups in total. The Labute approximate surface area is 416 Å². The van der Waals surface area contributed by atoms with Gasteiger partial charge in [-0.1, -0.05) is 36.4 Å². The lowest BCUT2D eigenvalue weighted by molar-refractivity contribution is -0.696. The summed E-state index contributed by atoms with van der Waals surface area (Å²) in [6.07, 6.45) is -3.58. The maximum atomic E-state index is 14.7. The molecule has 0 bridgehead atoms. The first-order valence-electron chi connectivity index (χ1n) is 23.2. The lowest BCUT2D eigenvalue weighted by Crippen LogP contribution is -2.51. The Morgan fingerprint density at radius 3 is 1.45 bits per heavy atom. The zero-order chi connectivity index (χ0) is 52.8. The number of carbonyl (C=O) groups is 4. The SMILES string of the molecule is CCOC(=O)C1=C(C)N(c2cccc(C(F)(F)F)c2)C(=O)N(CCCn2cc[n+](CCCN3C(=O)N(c4cccc(C(F)(F)F)c4)C(C)=C(C(=O)OCC)[C@H]3c3ccc(C#N)cc3)c2)[C@@H]1c1ccc(C#N)cc1. The normalized spacial score (nSPS) is 16.4. The Bertz CT molecular complexity index is 2840. The molecule has 0 saturated heterocycles. The van der Waals surface area contributed by atoms with Gasteiger partial charge in [0, 0.05) is 37.3 Å². The number of esters is 2. The minimum atomic E-state index is -4.73. The fraction of sp³-hybridized carbons (Fsp3) is 0.302. The highest BCUT2D eigenvalue weighted by Crippen LogP contribution is 2.43. The summed E-state index contributed by atoms with van der Waals surface area (Å²) < 4.78 is 98.3. The standard InChI is InChI=1S/C53H49F6N8O6/c1-5-72-48(68)44-34(3)66(42-13-7-11-40(29-42)52(54,55)56)50(70)64(46(44)38-19-15-36(31-60)16-20-38)25-9-23-62-27-28-63(33-62)24-10-26-65-47(39-21-17-37(32-61)18-22-39)45(49(69)73-6-2)35(4)67(51(65)71)43-14-8-12-41(30-43)53(57,58)59/h7-8,11-22,27-30,33,46-47H,5-6,9-10,23-26H2,1-4H3/q+1/t46-,47-/m1/s1. The highest BCUT2D eigenvalue weighted by atomic mass is 19.4. The van der Waals surface area contributed by atoms with Crippen LogP contribution in [0.15, 0.2) is 138 Å². The Balaban J connectivity index is 1.15.